The van der Waals surface area contributed by atoms with Crippen LogP contribution in [0.3, 0.4) is 0 Å². The summed E-state index contributed by atoms with van der Waals surface area (Å²) in [4.78, 5) is 11.5. The van der Waals surface area contributed by atoms with Gasteiger partial charge in [0.2, 0.25) is 5.91 Å². The Balaban J connectivity index is 1.79. The van der Waals surface area contributed by atoms with Gasteiger partial charge in [0.25, 0.3) is 0 Å². The molecule has 0 atom stereocenters. The van der Waals surface area contributed by atoms with Crippen molar-refractivity contribution in [3.8, 4) is 0 Å². The van der Waals surface area contributed by atoms with Gasteiger partial charge >= 0.3 is 0 Å². The lowest BCUT2D eigenvalue weighted by Crippen LogP contribution is -2.64. The highest BCUT2D eigenvalue weighted by Crippen LogP contribution is 2.08. The Morgan fingerprint density at radius 1 is 1.41 bits per heavy atom. The number of halogens is 1. The van der Waals surface area contributed by atoms with Crippen LogP contribution in [-0.4, -0.2) is 36.2 Å². The molecule has 0 bridgehead atoms. The van der Waals surface area contributed by atoms with E-state index in [1.807, 2.05) is 0 Å². The van der Waals surface area contributed by atoms with E-state index < -0.39 is 5.60 Å². The summed E-state index contributed by atoms with van der Waals surface area (Å²) < 4.78 is 12.6. The van der Waals surface area contributed by atoms with Crippen molar-refractivity contribution in [2.75, 3.05) is 19.6 Å². The molecule has 0 aromatic heterocycles. The monoisotopic (exact) mass is 238 g/mol. The molecule has 1 amide bonds. The van der Waals surface area contributed by atoms with Gasteiger partial charge in [0.05, 0.1) is 6.42 Å². The highest BCUT2D eigenvalue weighted by atomic mass is 19.1. The first-order valence-corrected chi connectivity index (χ1v) is 5.52. The van der Waals surface area contributed by atoms with E-state index in [4.69, 9.17) is 0 Å². The molecular formula is C12H15FN2O2. The first kappa shape index (κ1) is 12.0. The zero-order valence-electron chi connectivity index (χ0n) is 9.37. The largest absolute Gasteiger partial charge is 0.385 e. The van der Waals surface area contributed by atoms with Gasteiger partial charge in [-0.25, -0.2) is 4.39 Å². The quantitative estimate of drug-likeness (QED) is 0.682. The number of amides is 1. The van der Waals surface area contributed by atoms with Gasteiger partial charge in [-0.05, 0) is 17.7 Å². The van der Waals surface area contributed by atoms with Crippen LogP contribution in [0.1, 0.15) is 5.56 Å². The molecule has 4 nitrogen and oxygen atoms in total. The molecule has 0 unspecified atom stereocenters. The molecule has 1 aliphatic heterocycles. The smallest absolute Gasteiger partial charge is 0.224 e. The van der Waals surface area contributed by atoms with E-state index in [9.17, 15) is 14.3 Å². The molecule has 92 valence electrons. The summed E-state index contributed by atoms with van der Waals surface area (Å²) in [6.07, 6.45) is 0.198. The lowest BCUT2D eigenvalue weighted by Gasteiger charge is -2.37. The van der Waals surface area contributed by atoms with Crippen molar-refractivity contribution in [3.63, 3.8) is 0 Å². The van der Waals surface area contributed by atoms with Gasteiger partial charge in [-0.15, -0.1) is 0 Å². The standard InChI is InChI=1S/C12H15FN2O2/c13-10-3-1-9(2-4-10)5-11(16)15-8-12(17)6-14-7-12/h1-4,14,17H,5-8H2,(H,15,16). The van der Waals surface area contributed by atoms with Crippen LogP contribution in [0.2, 0.25) is 0 Å². The second-order valence-electron chi connectivity index (χ2n) is 4.41. The average molecular weight is 238 g/mol. The SMILES string of the molecule is O=C(Cc1ccc(F)cc1)NCC1(O)CNC1. The molecule has 1 heterocycles. The number of hydrogen-bond donors (Lipinski definition) is 3. The molecule has 17 heavy (non-hydrogen) atoms. The summed E-state index contributed by atoms with van der Waals surface area (Å²) in [5, 5.41) is 15.3. The molecule has 0 saturated carbocycles. The fourth-order valence-corrected chi connectivity index (χ4v) is 1.65. The van der Waals surface area contributed by atoms with Gasteiger partial charge in [0.15, 0.2) is 0 Å². The van der Waals surface area contributed by atoms with Gasteiger partial charge in [0, 0.05) is 19.6 Å². The number of hydrogen-bond acceptors (Lipinski definition) is 3. The summed E-state index contributed by atoms with van der Waals surface area (Å²) in [7, 11) is 0. The second kappa shape index (κ2) is 4.81. The Labute approximate surface area is 98.8 Å². The van der Waals surface area contributed by atoms with Crippen LogP contribution in [0.25, 0.3) is 0 Å². The highest BCUT2D eigenvalue weighted by molar-refractivity contribution is 5.78. The van der Waals surface area contributed by atoms with Gasteiger partial charge in [-0.3, -0.25) is 4.79 Å². The predicted octanol–water partition coefficient (Wildman–Crippen LogP) is -0.181. The maximum Gasteiger partial charge on any atom is 0.224 e. The number of aliphatic hydroxyl groups is 1. The van der Waals surface area contributed by atoms with Crippen LogP contribution >= 0.6 is 0 Å². The zero-order chi connectivity index (χ0) is 12.3. The molecule has 0 spiro atoms. The molecular weight excluding hydrogens is 223 g/mol. The lowest BCUT2D eigenvalue weighted by molar-refractivity contribution is -0.122. The Bertz CT molecular complexity index is 401. The van der Waals surface area contributed by atoms with Gasteiger partial charge in [0.1, 0.15) is 11.4 Å². The second-order valence-corrected chi connectivity index (χ2v) is 4.41. The number of rotatable bonds is 4. The molecule has 1 saturated heterocycles. The summed E-state index contributed by atoms with van der Waals surface area (Å²) in [6, 6.07) is 5.81. The highest BCUT2D eigenvalue weighted by Gasteiger charge is 2.34. The van der Waals surface area contributed by atoms with Crippen molar-refractivity contribution in [2.45, 2.75) is 12.0 Å². The minimum absolute atomic E-state index is 0.170. The van der Waals surface area contributed by atoms with Crippen LogP contribution in [-0.2, 0) is 11.2 Å². The van der Waals surface area contributed by atoms with E-state index in [0.29, 0.717) is 13.1 Å². The van der Waals surface area contributed by atoms with E-state index >= 15 is 0 Å². The number of nitrogens with one attached hydrogen (secondary N) is 2. The number of carbonyl (C=O) groups is 1. The Hall–Kier alpha value is -1.46. The maximum absolute atomic E-state index is 12.6. The topological polar surface area (TPSA) is 61.4 Å². The minimum atomic E-state index is -0.807. The van der Waals surface area contributed by atoms with Gasteiger partial charge < -0.3 is 15.7 Å². The van der Waals surface area contributed by atoms with Gasteiger partial charge in [-0.1, -0.05) is 12.1 Å². The van der Waals surface area contributed by atoms with E-state index in [1.165, 1.54) is 12.1 Å². The van der Waals surface area contributed by atoms with E-state index in [1.54, 1.807) is 12.1 Å². The van der Waals surface area contributed by atoms with Crippen LogP contribution < -0.4 is 10.6 Å². The third-order valence-corrected chi connectivity index (χ3v) is 2.80. The third-order valence-electron chi connectivity index (χ3n) is 2.80. The molecule has 0 radical (unpaired) electrons. The van der Waals surface area contributed by atoms with E-state index in [2.05, 4.69) is 10.6 Å². The summed E-state index contributed by atoms with van der Waals surface area (Å²) >= 11 is 0. The average Bonchev–Trinajstić information content (AvgIpc) is 2.27. The summed E-state index contributed by atoms with van der Waals surface area (Å²) in [5.74, 6) is -0.485. The Kier molecular flexibility index (Phi) is 3.40. The minimum Gasteiger partial charge on any atom is -0.385 e. The van der Waals surface area contributed by atoms with Crippen LogP contribution in [0.5, 0.6) is 0 Å². The van der Waals surface area contributed by atoms with Crippen molar-refractivity contribution < 1.29 is 14.3 Å². The first-order valence-electron chi connectivity index (χ1n) is 5.52. The van der Waals surface area contributed by atoms with E-state index in [0.717, 1.165) is 5.56 Å². The van der Waals surface area contributed by atoms with E-state index in [-0.39, 0.29) is 24.7 Å². The Morgan fingerprint density at radius 2 is 2.06 bits per heavy atom. The molecule has 0 aliphatic carbocycles. The Morgan fingerprint density at radius 3 is 2.59 bits per heavy atom. The molecule has 1 aromatic rings. The first-order chi connectivity index (χ1) is 8.07. The molecule has 1 aromatic carbocycles. The van der Waals surface area contributed by atoms with Crippen molar-refractivity contribution in [2.24, 2.45) is 0 Å². The summed E-state index contributed by atoms with van der Waals surface area (Å²) in [6.45, 7) is 1.26. The number of benzene rings is 1. The fourth-order valence-electron chi connectivity index (χ4n) is 1.65. The number of β-amino-alcohol motifs (C(OH)–C–C–N with tert-alkyl or cyclic N) is 1. The molecule has 2 rings (SSSR count). The molecule has 3 N–H and O–H groups in total. The molecule has 1 aliphatic rings. The number of carbonyl (C=O) groups excluding carboxylic acids is 1. The predicted molar refractivity (Wildman–Crippen MR) is 60.9 cm³/mol. The normalized spacial score (nSPS) is 17.3. The van der Waals surface area contributed by atoms with Crippen molar-refractivity contribution in [3.05, 3.63) is 35.6 Å². The molecule has 1 fully saturated rings. The maximum atomic E-state index is 12.6. The van der Waals surface area contributed by atoms with Crippen LogP contribution in [0.15, 0.2) is 24.3 Å². The van der Waals surface area contributed by atoms with Crippen molar-refractivity contribution >= 4 is 5.91 Å². The van der Waals surface area contributed by atoms with Crippen molar-refractivity contribution in [1.29, 1.82) is 0 Å². The zero-order valence-corrected chi connectivity index (χ0v) is 9.37. The summed E-state index contributed by atoms with van der Waals surface area (Å²) in [5.41, 5.74) is -0.0547. The lowest BCUT2D eigenvalue weighted by atomic mass is 9.97. The van der Waals surface area contributed by atoms with Gasteiger partial charge in [-0.2, -0.15) is 0 Å². The molecule has 5 heteroatoms. The fraction of sp³-hybridized carbons (Fsp3) is 0.417. The van der Waals surface area contributed by atoms with Crippen LogP contribution in [0.4, 0.5) is 4.39 Å². The third kappa shape index (κ3) is 3.25. The van der Waals surface area contributed by atoms with Crippen molar-refractivity contribution in [1.82, 2.24) is 10.6 Å². The van der Waals surface area contributed by atoms with Crippen LogP contribution in [0, 0.1) is 5.82 Å².